The minimum Gasteiger partial charge on any atom is -0.496 e. The van der Waals surface area contributed by atoms with Gasteiger partial charge in [0.05, 0.1) is 23.9 Å². The Balaban J connectivity index is 2.22. The molecule has 0 saturated heterocycles. The van der Waals surface area contributed by atoms with Gasteiger partial charge in [0, 0.05) is 25.1 Å². The molecule has 132 valence electrons. The minimum atomic E-state index is -0.553. The first-order valence-electron chi connectivity index (χ1n) is 8.22. The largest absolute Gasteiger partial charge is 0.496 e. The maximum Gasteiger partial charge on any atom is 0.261 e. The van der Waals surface area contributed by atoms with E-state index in [0.29, 0.717) is 30.0 Å². The molecule has 0 aliphatic carbocycles. The summed E-state index contributed by atoms with van der Waals surface area (Å²) in [4.78, 5) is 40.2. The quantitative estimate of drug-likeness (QED) is 0.771. The maximum absolute atomic E-state index is 12.9. The standard InChI is InChI=1S/C19H22N2O4/c1-19(2,3)18(24)21-9-8-11-6-7-13(25-5)15(16(11)21)12-10-14(22)20(4)17(12)23/h6-7,10H,8-9H2,1-5H3. The Morgan fingerprint density at radius 3 is 2.40 bits per heavy atom. The number of carbonyl (C=O) groups excluding carboxylic acids is 3. The molecule has 1 aromatic carbocycles. The summed E-state index contributed by atoms with van der Waals surface area (Å²) in [5.74, 6) is -0.292. The van der Waals surface area contributed by atoms with Gasteiger partial charge in [0.15, 0.2) is 0 Å². The molecule has 0 saturated carbocycles. The highest BCUT2D eigenvalue weighted by Gasteiger charge is 2.39. The van der Waals surface area contributed by atoms with Gasteiger partial charge in [0.1, 0.15) is 5.75 Å². The predicted octanol–water partition coefficient (Wildman–Crippen LogP) is 2.01. The second kappa shape index (κ2) is 5.72. The molecule has 0 fully saturated rings. The average Bonchev–Trinajstić information content (AvgIpc) is 3.09. The molecular formula is C19H22N2O4. The van der Waals surface area contributed by atoms with Crippen molar-refractivity contribution in [3.8, 4) is 5.75 Å². The molecule has 0 atom stereocenters. The van der Waals surface area contributed by atoms with Crippen LogP contribution in [0.5, 0.6) is 5.75 Å². The monoisotopic (exact) mass is 342 g/mol. The lowest BCUT2D eigenvalue weighted by atomic mass is 9.93. The van der Waals surface area contributed by atoms with E-state index in [-0.39, 0.29) is 23.3 Å². The van der Waals surface area contributed by atoms with E-state index in [9.17, 15) is 14.4 Å². The topological polar surface area (TPSA) is 66.9 Å². The SMILES string of the molecule is COc1ccc2c(c1C1=CC(=O)N(C)C1=O)N(C(=O)C(C)(C)C)CC2. The van der Waals surface area contributed by atoms with Crippen LogP contribution in [0.4, 0.5) is 5.69 Å². The first-order valence-corrected chi connectivity index (χ1v) is 8.22. The van der Waals surface area contributed by atoms with E-state index in [1.54, 1.807) is 11.0 Å². The van der Waals surface area contributed by atoms with E-state index in [1.165, 1.54) is 20.2 Å². The minimum absolute atomic E-state index is 0.0218. The highest BCUT2D eigenvalue weighted by atomic mass is 16.5. The molecule has 2 aliphatic rings. The lowest BCUT2D eigenvalue weighted by molar-refractivity contribution is -0.134. The lowest BCUT2D eigenvalue weighted by Crippen LogP contribution is -2.39. The van der Waals surface area contributed by atoms with E-state index < -0.39 is 5.41 Å². The summed E-state index contributed by atoms with van der Waals surface area (Å²) < 4.78 is 5.45. The first-order chi connectivity index (χ1) is 11.7. The average molecular weight is 342 g/mol. The Morgan fingerprint density at radius 2 is 1.88 bits per heavy atom. The second-order valence-electron chi connectivity index (χ2n) is 7.37. The van der Waals surface area contributed by atoms with Gasteiger partial charge in [-0.3, -0.25) is 19.3 Å². The summed E-state index contributed by atoms with van der Waals surface area (Å²) in [6.45, 7) is 6.15. The van der Waals surface area contributed by atoms with Crippen LogP contribution in [0.3, 0.4) is 0 Å². The molecule has 25 heavy (non-hydrogen) atoms. The van der Waals surface area contributed by atoms with E-state index in [2.05, 4.69) is 0 Å². The lowest BCUT2D eigenvalue weighted by Gasteiger charge is -2.28. The maximum atomic E-state index is 12.9. The Labute approximate surface area is 147 Å². The number of likely N-dealkylation sites (N-methyl/N-ethyl adjacent to an activating group) is 1. The van der Waals surface area contributed by atoms with Gasteiger partial charge in [0.25, 0.3) is 11.8 Å². The van der Waals surface area contributed by atoms with Crippen molar-refractivity contribution >= 4 is 29.0 Å². The highest BCUT2D eigenvalue weighted by molar-refractivity contribution is 6.35. The number of hydrogen-bond donors (Lipinski definition) is 0. The predicted molar refractivity (Wildman–Crippen MR) is 94.3 cm³/mol. The molecule has 0 aromatic heterocycles. The van der Waals surface area contributed by atoms with E-state index in [4.69, 9.17) is 4.74 Å². The Hall–Kier alpha value is -2.63. The van der Waals surface area contributed by atoms with Gasteiger partial charge in [-0.05, 0) is 18.1 Å². The number of imide groups is 1. The molecule has 6 heteroatoms. The number of benzene rings is 1. The number of nitrogens with zero attached hydrogens (tertiary/aromatic N) is 2. The van der Waals surface area contributed by atoms with Crippen molar-refractivity contribution in [2.24, 2.45) is 5.41 Å². The molecular weight excluding hydrogens is 320 g/mol. The number of fused-ring (bicyclic) bond motifs is 1. The summed E-state index contributed by atoms with van der Waals surface area (Å²) >= 11 is 0. The zero-order chi connectivity index (χ0) is 18.5. The van der Waals surface area contributed by atoms with Crippen LogP contribution in [0.25, 0.3) is 5.57 Å². The van der Waals surface area contributed by atoms with Crippen LogP contribution < -0.4 is 9.64 Å². The number of rotatable bonds is 2. The van der Waals surface area contributed by atoms with Crippen LogP contribution in [0.1, 0.15) is 31.9 Å². The van der Waals surface area contributed by atoms with Crippen LogP contribution >= 0.6 is 0 Å². The third kappa shape index (κ3) is 2.62. The summed E-state index contributed by atoms with van der Waals surface area (Å²) in [6.07, 6.45) is 2.03. The zero-order valence-electron chi connectivity index (χ0n) is 15.2. The third-order valence-electron chi connectivity index (χ3n) is 4.61. The van der Waals surface area contributed by atoms with Crippen molar-refractivity contribution in [3.05, 3.63) is 29.3 Å². The van der Waals surface area contributed by atoms with Crippen LogP contribution in [-0.4, -0.2) is 43.3 Å². The Bertz CT molecular complexity index is 817. The van der Waals surface area contributed by atoms with Crippen LogP contribution in [0, 0.1) is 5.41 Å². The smallest absolute Gasteiger partial charge is 0.261 e. The van der Waals surface area contributed by atoms with Crippen LogP contribution in [0.2, 0.25) is 0 Å². The van der Waals surface area contributed by atoms with Crippen molar-refractivity contribution in [1.29, 1.82) is 0 Å². The fraction of sp³-hybridized carbons (Fsp3) is 0.421. The summed E-state index contributed by atoms with van der Waals surface area (Å²) in [7, 11) is 2.96. The van der Waals surface area contributed by atoms with Gasteiger partial charge in [-0.2, -0.15) is 0 Å². The van der Waals surface area contributed by atoms with Gasteiger partial charge in [-0.15, -0.1) is 0 Å². The number of amides is 3. The fourth-order valence-electron chi connectivity index (χ4n) is 3.25. The van der Waals surface area contributed by atoms with Crippen molar-refractivity contribution < 1.29 is 19.1 Å². The molecule has 3 amide bonds. The Morgan fingerprint density at radius 1 is 1.20 bits per heavy atom. The van der Waals surface area contributed by atoms with Crippen LogP contribution in [0.15, 0.2) is 18.2 Å². The molecule has 2 aliphatic heterocycles. The van der Waals surface area contributed by atoms with Crippen molar-refractivity contribution in [2.75, 3.05) is 25.6 Å². The number of ether oxygens (including phenoxy) is 1. The molecule has 3 rings (SSSR count). The normalized spacial score (nSPS) is 17.1. The van der Waals surface area contributed by atoms with Gasteiger partial charge in [0.2, 0.25) is 5.91 Å². The summed E-state index contributed by atoms with van der Waals surface area (Å²) in [6, 6.07) is 3.70. The second-order valence-corrected chi connectivity index (χ2v) is 7.37. The fourth-order valence-corrected chi connectivity index (χ4v) is 3.25. The van der Waals surface area contributed by atoms with Crippen molar-refractivity contribution in [3.63, 3.8) is 0 Å². The zero-order valence-corrected chi connectivity index (χ0v) is 15.2. The number of hydrogen-bond acceptors (Lipinski definition) is 4. The van der Waals surface area contributed by atoms with E-state index in [1.807, 2.05) is 26.8 Å². The molecule has 0 bridgehead atoms. The molecule has 6 nitrogen and oxygen atoms in total. The number of carbonyl (C=O) groups is 3. The number of methoxy groups -OCH3 is 1. The summed E-state index contributed by atoms with van der Waals surface area (Å²) in [5, 5.41) is 0. The van der Waals surface area contributed by atoms with Crippen LogP contribution in [-0.2, 0) is 20.8 Å². The Kier molecular flexibility index (Phi) is 3.94. The van der Waals surface area contributed by atoms with Gasteiger partial charge in [-0.1, -0.05) is 26.8 Å². The third-order valence-corrected chi connectivity index (χ3v) is 4.61. The molecule has 2 heterocycles. The van der Waals surface area contributed by atoms with Crippen molar-refractivity contribution in [2.45, 2.75) is 27.2 Å². The van der Waals surface area contributed by atoms with Gasteiger partial charge >= 0.3 is 0 Å². The molecule has 0 unspecified atom stereocenters. The van der Waals surface area contributed by atoms with Crippen molar-refractivity contribution in [1.82, 2.24) is 4.90 Å². The number of anilines is 1. The summed E-state index contributed by atoms with van der Waals surface area (Å²) in [5.41, 5.74) is 1.90. The molecule has 0 radical (unpaired) electrons. The highest BCUT2D eigenvalue weighted by Crippen LogP contribution is 2.44. The van der Waals surface area contributed by atoms with E-state index in [0.717, 1.165) is 10.5 Å². The molecule has 1 aromatic rings. The van der Waals surface area contributed by atoms with Gasteiger partial charge < -0.3 is 9.64 Å². The first kappa shape index (κ1) is 17.2. The van der Waals surface area contributed by atoms with Gasteiger partial charge in [-0.25, -0.2) is 0 Å². The molecule has 0 spiro atoms. The molecule has 0 N–H and O–H groups in total. The van der Waals surface area contributed by atoms with E-state index >= 15 is 0 Å².